The molecule has 2 fully saturated rings. The summed E-state index contributed by atoms with van der Waals surface area (Å²) in [7, 11) is -3.39. The number of piperazine rings is 1. The molecule has 0 aromatic heterocycles. The Morgan fingerprint density at radius 3 is 2.11 bits per heavy atom. The zero-order valence-electron chi connectivity index (χ0n) is 16.2. The molecule has 9 heteroatoms. The van der Waals surface area contributed by atoms with E-state index >= 15 is 0 Å². The summed E-state index contributed by atoms with van der Waals surface area (Å²) in [5.74, 6) is 0.176. The fourth-order valence-corrected chi connectivity index (χ4v) is 5.32. The molecule has 2 heterocycles. The molecule has 0 radical (unpaired) electrons. The molecule has 3 rings (SSSR count). The van der Waals surface area contributed by atoms with Crippen LogP contribution in [0.15, 0.2) is 24.3 Å². The van der Waals surface area contributed by atoms with E-state index in [9.17, 15) is 17.9 Å². The standard InChI is InChI=1S/C19H30FN3O4S/c20-17-5-7-19(8-6-17)27-16-18(24)15-21-11-13-23(14-12-21)28(25,26)22-9-3-1-2-4-10-22/h5-8,18,24H,1-4,9-16H2. The quantitative estimate of drug-likeness (QED) is 0.727. The number of hydrogen-bond donors (Lipinski definition) is 1. The number of halogens is 1. The molecule has 2 saturated heterocycles. The van der Waals surface area contributed by atoms with Gasteiger partial charge in [0.15, 0.2) is 0 Å². The molecule has 158 valence electrons. The van der Waals surface area contributed by atoms with Crippen LogP contribution < -0.4 is 4.74 Å². The minimum absolute atomic E-state index is 0.109. The van der Waals surface area contributed by atoms with Gasteiger partial charge in [0.05, 0.1) is 0 Å². The predicted octanol–water partition coefficient (Wildman–Crippen LogP) is 1.30. The number of hydrogen-bond acceptors (Lipinski definition) is 5. The third kappa shape index (κ3) is 5.87. The van der Waals surface area contributed by atoms with Crippen LogP contribution in [0.4, 0.5) is 4.39 Å². The van der Waals surface area contributed by atoms with Crippen molar-refractivity contribution in [2.24, 2.45) is 0 Å². The van der Waals surface area contributed by atoms with Crippen molar-refractivity contribution < 1.29 is 22.7 Å². The summed E-state index contributed by atoms with van der Waals surface area (Å²) in [6, 6.07) is 5.67. The van der Waals surface area contributed by atoms with Gasteiger partial charge in [0.1, 0.15) is 24.3 Å². The first kappa shape index (κ1) is 21.4. The number of nitrogens with zero attached hydrogens (tertiary/aromatic N) is 3. The highest BCUT2D eigenvalue weighted by atomic mass is 32.2. The molecule has 1 aromatic rings. The van der Waals surface area contributed by atoms with Crippen molar-refractivity contribution in [3.63, 3.8) is 0 Å². The summed E-state index contributed by atoms with van der Waals surface area (Å²) in [6.45, 7) is 3.79. The Kier molecular flexibility index (Phi) is 7.64. The third-order valence-corrected chi connectivity index (χ3v) is 7.31. The molecule has 0 spiro atoms. The van der Waals surface area contributed by atoms with Crippen molar-refractivity contribution in [1.82, 2.24) is 13.5 Å². The number of rotatable bonds is 7. The van der Waals surface area contributed by atoms with E-state index in [2.05, 4.69) is 0 Å². The first-order valence-electron chi connectivity index (χ1n) is 9.99. The second-order valence-corrected chi connectivity index (χ2v) is 9.37. The Balaban J connectivity index is 1.42. The number of aliphatic hydroxyl groups is 1. The van der Waals surface area contributed by atoms with Crippen LogP contribution >= 0.6 is 0 Å². The zero-order valence-corrected chi connectivity index (χ0v) is 17.0. The Hall–Kier alpha value is -1.26. The van der Waals surface area contributed by atoms with Crippen molar-refractivity contribution in [1.29, 1.82) is 0 Å². The summed E-state index contributed by atoms with van der Waals surface area (Å²) >= 11 is 0. The van der Waals surface area contributed by atoms with Gasteiger partial charge in [-0.25, -0.2) is 4.39 Å². The first-order chi connectivity index (χ1) is 13.4. The van der Waals surface area contributed by atoms with E-state index in [4.69, 9.17) is 4.74 Å². The SMILES string of the molecule is O=S(=O)(N1CCCCCC1)N1CCN(CC(O)COc2ccc(F)cc2)CC1. The summed E-state index contributed by atoms with van der Waals surface area (Å²) < 4.78 is 47.2. The van der Waals surface area contributed by atoms with E-state index in [0.29, 0.717) is 51.6 Å². The Labute approximate surface area is 166 Å². The van der Waals surface area contributed by atoms with Crippen LogP contribution in [0.5, 0.6) is 5.75 Å². The largest absolute Gasteiger partial charge is 0.491 e. The van der Waals surface area contributed by atoms with Gasteiger partial charge in [-0.1, -0.05) is 12.8 Å². The van der Waals surface area contributed by atoms with Crippen LogP contribution in [0.3, 0.4) is 0 Å². The van der Waals surface area contributed by atoms with Gasteiger partial charge in [-0.2, -0.15) is 17.0 Å². The predicted molar refractivity (Wildman–Crippen MR) is 105 cm³/mol. The van der Waals surface area contributed by atoms with Gasteiger partial charge in [-0.3, -0.25) is 4.90 Å². The summed E-state index contributed by atoms with van der Waals surface area (Å²) in [5.41, 5.74) is 0. The number of ether oxygens (including phenoxy) is 1. The Morgan fingerprint density at radius 2 is 1.50 bits per heavy atom. The molecule has 7 nitrogen and oxygen atoms in total. The van der Waals surface area contributed by atoms with Gasteiger partial charge in [-0.15, -0.1) is 0 Å². The highest BCUT2D eigenvalue weighted by Crippen LogP contribution is 2.18. The van der Waals surface area contributed by atoms with Crippen molar-refractivity contribution in [3.8, 4) is 5.75 Å². The lowest BCUT2D eigenvalue weighted by atomic mass is 10.2. The summed E-state index contributed by atoms with van der Waals surface area (Å²) in [5, 5.41) is 10.2. The van der Waals surface area contributed by atoms with Gasteiger partial charge in [0, 0.05) is 45.8 Å². The molecule has 0 aliphatic carbocycles. The lowest BCUT2D eigenvalue weighted by Gasteiger charge is -2.37. The molecule has 0 bridgehead atoms. The average Bonchev–Trinajstić information content (AvgIpc) is 2.98. The average molecular weight is 416 g/mol. The maximum Gasteiger partial charge on any atom is 0.282 e. The minimum atomic E-state index is -3.39. The smallest absolute Gasteiger partial charge is 0.282 e. The minimum Gasteiger partial charge on any atom is -0.491 e. The Bertz CT molecular complexity index is 700. The monoisotopic (exact) mass is 415 g/mol. The zero-order chi connectivity index (χ0) is 20.0. The van der Waals surface area contributed by atoms with Gasteiger partial charge in [0.25, 0.3) is 10.2 Å². The molecule has 1 unspecified atom stereocenters. The lowest BCUT2D eigenvalue weighted by molar-refractivity contribution is 0.0562. The van der Waals surface area contributed by atoms with E-state index in [1.54, 1.807) is 8.61 Å². The molecule has 1 atom stereocenters. The normalized spacial score (nSPS) is 21.9. The molecule has 2 aliphatic rings. The molecule has 1 aromatic carbocycles. The highest BCUT2D eigenvalue weighted by Gasteiger charge is 2.32. The number of β-amino-alcohol motifs (C(OH)–C–C–N with tert-alkyl or cyclic N) is 1. The van der Waals surface area contributed by atoms with Gasteiger partial charge >= 0.3 is 0 Å². The van der Waals surface area contributed by atoms with E-state index in [0.717, 1.165) is 25.7 Å². The van der Waals surface area contributed by atoms with E-state index in [1.807, 2.05) is 4.90 Å². The maximum atomic E-state index is 12.9. The molecule has 2 aliphatic heterocycles. The van der Waals surface area contributed by atoms with Crippen LogP contribution in [-0.2, 0) is 10.2 Å². The van der Waals surface area contributed by atoms with Crippen LogP contribution in [0.1, 0.15) is 25.7 Å². The number of benzene rings is 1. The summed E-state index contributed by atoms with van der Waals surface area (Å²) in [4.78, 5) is 2.05. The fraction of sp³-hybridized carbons (Fsp3) is 0.684. The van der Waals surface area contributed by atoms with Gasteiger partial charge < -0.3 is 9.84 Å². The fourth-order valence-electron chi connectivity index (χ4n) is 3.65. The van der Waals surface area contributed by atoms with Crippen LogP contribution in [-0.4, -0.2) is 85.6 Å². The number of aliphatic hydroxyl groups excluding tert-OH is 1. The van der Waals surface area contributed by atoms with Crippen molar-refractivity contribution in [2.45, 2.75) is 31.8 Å². The van der Waals surface area contributed by atoms with Crippen LogP contribution in [0.2, 0.25) is 0 Å². The van der Waals surface area contributed by atoms with Gasteiger partial charge in [-0.05, 0) is 37.1 Å². The molecule has 28 heavy (non-hydrogen) atoms. The van der Waals surface area contributed by atoms with Crippen molar-refractivity contribution >= 4 is 10.2 Å². The van der Waals surface area contributed by atoms with Crippen molar-refractivity contribution in [2.75, 3.05) is 52.4 Å². The molecule has 0 amide bonds. The maximum absolute atomic E-state index is 12.9. The molecular formula is C19H30FN3O4S. The van der Waals surface area contributed by atoms with Crippen molar-refractivity contribution in [3.05, 3.63) is 30.1 Å². The topological polar surface area (TPSA) is 73.3 Å². The molecule has 0 saturated carbocycles. The Morgan fingerprint density at radius 1 is 0.929 bits per heavy atom. The summed E-state index contributed by atoms with van der Waals surface area (Å²) in [6.07, 6.45) is 3.35. The van der Waals surface area contributed by atoms with Gasteiger partial charge in [0.2, 0.25) is 0 Å². The second-order valence-electron chi connectivity index (χ2n) is 7.44. The first-order valence-corrected chi connectivity index (χ1v) is 11.4. The van der Waals surface area contributed by atoms with E-state index in [-0.39, 0.29) is 12.4 Å². The molecular weight excluding hydrogens is 385 g/mol. The van der Waals surface area contributed by atoms with E-state index in [1.165, 1.54) is 24.3 Å². The highest BCUT2D eigenvalue weighted by molar-refractivity contribution is 7.86. The third-order valence-electron chi connectivity index (χ3n) is 5.27. The molecule has 1 N–H and O–H groups in total. The lowest BCUT2D eigenvalue weighted by Crippen LogP contribution is -2.54. The van der Waals surface area contributed by atoms with Crippen LogP contribution in [0.25, 0.3) is 0 Å². The van der Waals surface area contributed by atoms with E-state index < -0.39 is 16.3 Å². The second kappa shape index (κ2) is 9.98. The van der Waals surface area contributed by atoms with Crippen LogP contribution in [0, 0.1) is 5.82 Å².